The van der Waals surface area contributed by atoms with Crippen LogP contribution in [0, 0.1) is 0 Å². The van der Waals surface area contributed by atoms with Crippen molar-refractivity contribution in [3.63, 3.8) is 0 Å². The second-order valence-corrected chi connectivity index (χ2v) is 5.96. The molecule has 20 heavy (non-hydrogen) atoms. The van der Waals surface area contributed by atoms with Gasteiger partial charge < -0.3 is 14.8 Å². The van der Waals surface area contributed by atoms with E-state index in [-0.39, 0.29) is 6.04 Å². The van der Waals surface area contributed by atoms with Gasteiger partial charge in [-0.3, -0.25) is 0 Å². The maximum atomic E-state index is 5.96. The van der Waals surface area contributed by atoms with Crippen LogP contribution in [0.3, 0.4) is 0 Å². The van der Waals surface area contributed by atoms with E-state index in [4.69, 9.17) is 21.1 Å². The molecule has 3 nitrogen and oxygen atoms in total. The Morgan fingerprint density at radius 3 is 2.85 bits per heavy atom. The molecular weight excluding hydrogens is 294 g/mol. The number of thiophene rings is 1. The second kappa shape index (κ2) is 7.53. The van der Waals surface area contributed by atoms with E-state index in [2.05, 4.69) is 17.6 Å². The zero-order valence-electron chi connectivity index (χ0n) is 11.6. The standard InChI is InChI=1S/C15H18ClNO2S/c1-11(12-8-15(16)20-10-12)17-13-4-3-5-14(9-13)19-7-6-18-2/h3-5,8-11,17H,6-7H2,1-2H3. The summed E-state index contributed by atoms with van der Waals surface area (Å²) in [6.45, 7) is 3.24. The summed E-state index contributed by atoms with van der Waals surface area (Å²) < 4.78 is 11.4. The van der Waals surface area contributed by atoms with Gasteiger partial charge in [0, 0.05) is 24.9 Å². The molecule has 2 rings (SSSR count). The maximum absolute atomic E-state index is 5.96. The lowest BCUT2D eigenvalue weighted by atomic mass is 10.1. The number of methoxy groups -OCH3 is 1. The van der Waals surface area contributed by atoms with Crippen LogP contribution < -0.4 is 10.1 Å². The third-order valence-electron chi connectivity index (χ3n) is 2.86. The molecule has 1 heterocycles. The van der Waals surface area contributed by atoms with Gasteiger partial charge in [-0.25, -0.2) is 0 Å². The van der Waals surface area contributed by atoms with Gasteiger partial charge in [0.2, 0.25) is 0 Å². The number of ether oxygens (including phenoxy) is 2. The Morgan fingerprint density at radius 1 is 1.30 bits per heavy atom. The van der Waals surface area contributed by atoms with Gasteiger partial charge in [-0.1, -0.05) is 17.7 Å². The number of nitrogens with one attached hydrogen (secondary N) is 1. The van der Waals surface area contributed by atoms with E-state index >= 15 is 0 Å². The van der Waals surface area contributed by atoms with Crippen LogP contribution in [-0.4, -0.2) is 20.3 Å². The third-order valence-corrected chi connectivity index (χ3v) is 3.97. The van der Waals surface area contributed by atoms with Gasteiger partial charge in [0.05, 0.1) is 10.9 Å². The molecule has 0 spiro atoms. The van der Waals surface area contributed by atoms with Crippen LogP contribution in [0.25, 0.3) is 0 Å². The summed E-state index contributed by atoms with van der Waals surface area (Å²) in [7, 11) is 1.66. The van der Waals surface area contributed by atoms with Crippen molar-refractivity contribution in [1.29, 1.82) is 0 Å². The van der Waals surface area contributed by atoms with Crippen LogP contribution in [0.15, 0.2) is 35.7 Å². The molecule has 0 saturated carbocycles. The third kappa shape index (κ3) is 4.40. The summed E-state index contributed by atoms with van der Waals surface area (Å²) in [5, 5.41) is 5.51. The molecule has 0 amide bonds. The van der Waals surface area contributed by atoms with Crippen molar-refractivity contribution >= 4 is 28.6 Å². The normalized spacial score (nSPS) is 12.2. The summed E-state index contributed by atoms with van der Waals surface area (Å²) >= 11 is 7.51. The molecule has 1 atom stereocenters. The predicted molar refractivity (Wildman–Crippen MR) is 85.2 cm³/mol. The zero-order valence-corrected chi connectivity index (χ0v) is 13.1. The van der Waals surface area contributed by atoms with Gasteiger partial charge >= 0.3 is 0 Å². The number of anilines is 1. The topological polar surface area (TPSA) is 30.5 Å². The lowest BCUT2D eigenvalue weighted by Gasteiger charge is -2.15. The van der Waals surface area contributed by atoms with Crippen molar-refractivity contribution in [3.8, 4) is 5.75 Å². The van der Waals surface area contributed by atoms with Crippen LogP contribution in [0.2, 0.25) is 4.34 Å². The average Bonchev–Trinajstić information content (AvgIpc) is 2.86. The van der Waals surface area contributed by atoms with Crippen molar-refractivity contribution in [3.05, 3.63) is 45.6 Å². The van der Waals surface area contributed by atoms with E-state index < -0.39 is 0 Å². The Balaban J connectivity index is 1.96. The molecule has 0 radical (unpaired) electrons. The highest BCUT2D eigenvalue weighted by Gasteiger charge is 2.08. The van der Waals surface area contributed by atoms with Crippen LogP contribution in [0.1, 0.15) is 18.5 Å². The highest BCUT2D eigenvalue weighted by Crippen LogP contribution is 2.28. The fourth-order valence-electron chi connectivity index (χ4n) is 1.80. The highest BCUT2D eigenvalue weighted by molar-refractivity contribution is 7.14. The summed E-state index contributed by atoms with van der Waals surface area (Å²) in [4.78, 5) is 0. The molecule has 1 aromatic carbocycles. The van der Waals surface area contributed by atoms with Gasteiger partial charge in [-0.05, 0) is 36.1 Å². The minimum Gasteiger partial charge on any atom is -0.491 e. The van der Waals surface area contributed by atoms with E-state index in [1.54, 1.807) is 18.4 Å². The number of halogens is 1. The Morgan fingerprint density at radius 2 is 2.15 bits per heavy atom. The van der Waals surface area contributed by atoms with Gasteiger partial charge in [0.25, 0.3) is 0 Å². The molecule has 0 saturated heterocycles. The minimum atomic E-state index is 0.202. The Bertz CT molecular complexity index is 544. The minimum absolute atomic E-state index is 0.202. The molecule has 1 N–H and O–H groups in total. The molecular formula is C15H18ClNO2S. The molecule has 0 aliphatic rings. The molecule has 2 aromatic rings. The largest absolute Gasteiger partial charge is 0.491 e. The molecule has 5 heteroatoms. The van der Waals surface area contributed by atoms with Crippen molar-refractivity contribution in [2.24, 2.45) is 0 Å². The quantitative estimate of drug-likeness (QED) is 0.758. The van der Waals surface area contributed by atoms with Crippen molar-refractivity contribution < 1.29 is 9.47 Å². The number of rotatable bonds is 7. The van der Waals surface area contributed by atoms with Gasteiger partial charge in [0.1, 0.15) is 12.4 Å². The van der Waals surface area contributed by atoms with Crippen molar-refractivity contribution in [2.75, 3.05) is 25.6 Å². The molecule has 0 fully saturated rings. The molecule has 0 aliphatic carbocycles. The van der Waals surface area contributed by atoms with E-state index in [1.165, 1.54) is 5.56 Å². The fourth-order valence-corrected chi connectivity index (χ4v) is 2.79. The Labute approximate surface area is 128 Å². The van der Waals surface area contributed by atoms with Gasteiger partial charge in [0.15, 0.2) is 0 Å². The fraction of sp³-hybridized carbons (Fsp3) is 0.333. The maximum Gasteiger partial charge on any atom is 0.121 e. The molecule has 108 valence electrons. The Hall–Kier alpha value is -1.23. The Kier molecular flexibility index (Phi) is 5.71. The lowest BCUT2D eigenvalue weighted by Crippen LogP contribution is -2.07. The van der Waals surface area contributed by atoms with Crippen molar-refractivity contribution in [2.45, 2.75) is 13.0 Å². The number of benzene rings is 1. The summed E-state index contributed by atoms with van der Waals surface area (Å²) in [5.74, 6) is 0.836. The summed E-state index contributed by atoms with van der Waals surface area (Å²) in [6.07, 6.45) is 0. The van der Waals surface area contributed by atoms with E-state index in [9.17, 15) is 0 Å². The van der Waals surface area contributed by atoms with E-state index in [0.29, 0.717) is 13.2 Å². The van der Waals surface area contributed by atoms with E-state index in [1.807, 2.05) is 30.3 Å². The number of hydrogen-bond donors (Lipinski definition) is 1. The van der Waals surface area contributed by atoms with E-state index in [0.717, 1.165) is 15.8 Å². The highest BCUT2D eigenvalue weighted by atomic mass is 35.5. The van der Waals surface area contributed by atoms with Gasteiger partial charge in [-0.15, -0.1) is 11.3 Å². The van der Waals surface area contributed by atoms with Crippen LogP contribution in [0.5, 0.6) is 5.75 Å². The molecule has 1 aromatic heterocycles. The number of hydrogen-bond acceptors (Lipinski definition) is 4. The zero-order chi connectivity index (χ0) is 14.4. The van der Waals surface area contributed by atoms with Crippen LogP contribution >= 0.6 is 22.9 Å². The first-order chi connectivity index (χ1) is 9.69. The van der Waals surface area contributed by atoms with Crippen LogP contribution in [-0.2, 0) is 4.74 Å². The summed E-state index contributed by atoms with van der Waals surface area (Å²) in [5.41, 5.74) is 2.21. The van der Waals surface area contributed by atoms with Gasteiger partial charge in [-0.2, -0.15) is 0 Å². The smallest absolute Gasteiger partial charge is 0.121 e. The molecule has 0 bridgehead atoms. The average molecular weight is 312 g/mol. The monoisotopic (exact) mass is 311 g/mol. The predicted octanol–water partition coefficient (Wildman–Crippen LogP) is 4.60. The first-order valence-corrected chi connectivity index (χ1v) is 7.67. The SMILES string of the molecule is COCCOc1cccc(NC(C)c2csc(Cl)c2)c1. The first kappa shape index (κ1) is 15.2. The van der Waals surface area contributed by atoms with Crippen molar-refractivity contribution in [1.82, 2.24) is 0 Å². The second-order valence-electron chi connectivity index (χ2n) is 4.42. The first-order valence-electron chi connectivity index (χ1n) is 6.41. The van der Waals surface area contributed by atoms with Crippen LogP contribution in [0.4, 0.5) is 5.69 Å². The summed E-state index contributed by atoms with van der Waals surface area (Å²) in [6, 6.07) is 10.1. The molecule has 1 unspecified atom stereocenters. The molecule has 0 aliphatic heterocycles. The lowest BCUT2D eigenvalue weighted by molar-refractivity contribution is 0.146.